The zero-order valence-electron chi connectivity index (χ0n) is 12.4. The minimum absolute atomic E-state index is 0.0709. The molecule has 0 heterocycles. The van der Waals surface area contributed by atoms with E-state index in [2.05, 4.69) is 10.6 Å². The predicted octanol–water partition coefficient (Wildman–Crippen LogP) is 2.81. The fourth-order valence-corrected chi connectivity index (χ4v) is 3.96. The fourth-order valence-electron chi connectivity index (χ4n) is 3.96. The van der Waals surface area contributed by atoms with Crippen LogP contribution in [0.4, 0.5) is 5.69 Å². The van der Waals surface area contributed by atoms with Crippen molar-refractivity contribution in [3.8, 4) is 0 Å². The van der Waals surface area contributed by atoms with Gasteiger partial charge in [0.2, 0.25) is 5.91 Å². The molecule has 1 aromatic carbocycles. The first-order valence-electron chi connectivity index (χ1n) is 7.77. The summed E-state index contributed by atoms with van der Waals surface area (Å²) in [6, 6.07) is 7.07. The van der Waals surface area contributed by atoms with Gasteiger partial charge in [0.05, 0.1) is 0 Å². The number of anilines is 1. The Kier molecular flexibility index (Phi) is 3.95. The van der Waals surface area contributed by atoms with E-state index < -0.39 is 0 Å². The van der Waals surface area contributed by atoms with Crippen LogP contribution in [0, 0.1) is 17.8 Å². The smallest absolute Gasteiger partial charge is 0.251 e. The van der Waals surface area contributed by atoms with Gasteiger partial charge in [-0.15, -0.1) is 0 Å². The van der Waals surface area contributed by atoms with E-state index in [-0.39, 0.29) is 11.8 Å². The van der Waals surface area contributed by atoms with Gasteiger partial charge in [-0.2, -0.15) is 0 Å². The van der Waals surface area contributed by atoms with Gasteiger partial charge >= 0.3 is 0 Å². The van der Waals surface area contributed by atoms with E-state index in [1.807, 2.05) is 6.07 Å². The van der Waals surface area contributed by atoms with Crippen LogP contribution in [0.3, 0.4) is 0 Å². The quantitative estimate of drug-likeness (QED) is 0.894. The van der Waals surface area contributed by atoms with Gasteiger partial charge in [0.25, 0.3) is 5.91 Å². The summed E-state index contributed by atoms with van der Waals surface area (Å²) in [4.78, 5) is 23.8. The first-order valence-corrected chi connectivity index (χ1v) is 7.77. The highest BCUT2D eigenvalue weighted by Crippen LogP contribution is 2.49. The topological polar surface area (TPSA) is 58.2 Å². The van der Waals surface area contributed by atoms with Crippen LogP contribution < -0.4 is 10.6 Å². The Balaban J connectivity index is 1.58. The molecule has 2 amide bonds. The Labute approximate surface area is 125 Å². The highest BCUT2D eigenvalue weighted by Gasteiger charge is 2.40. The van der Waals surface area contributed by atoms with Crippen LogP contribution in [-0.2, 0) is 4.79 Å². The van der Waals surface area contributed by atoms with E-state index in [4.69, 9.17) is 0 Å². The van der Waals surface area contributed by atoms with Crippen LogP contribution in [0.25, 0.3) is 0 Å². The molecule has 3 unspecified atom stereocenters. The number of nitrogens with one attached hydrogen (secondary N) is 2. The maximum absolute atomic E-state index is 12.2. The first-order chi connectivity index (χ1) is 10.2. The second-order valence-electron chi connectivity index (χ2n) is 6.35. The van der Waals surface area contributed by atoms with Gasteiger partial charge in [-0.25, -0.2) is 0 Å². The lowest BCUT2D eigenvalue weighted by molar-refractivity contribution is -0.117. The normalized spacial score (nSPS) is 26.6. The van der Waals surface area contributed by atoms with Crippen molar-refractivity contribution in [3.63, 3.8) is 0 Å². The molecule has 2 aliphatic carbocycles. The first kappa shape index (κ1) is 14.1. The van der Waals surface area contributed by atoms with Crippen molar-refractivity contribution in [1.82, 2.24) is 5.32 Å². The Bertz CT molecular complexity index is 555. The lowest BCUT2D eigenvalue weighted by atomic mass is 9.86. The molecule has 3 atom stereocenters. The maximum atomic E-state index is 12.2. The lowest BCUT2D eigenvalue weighted by Crippen LogP contribution is -2.21. The molecule has 0 radical (unpaired) electrons. The Hall–Kier alpha value is -1.84. The summed E-state index contributed by atoms with van der Waals surface area (Å²) >= 11 is 0. The van der Waals surface area contributed by atoms with Gasteiger partial charge in [0.1, 0.15) is 0 Å². The Morgan fingerprint density at radius 2 is 2.10 bits per heavy atom. The largest absolute Gasteiger partial charge is 0.355 e. The van der Waals surface area contributed by atoms with Gasteiger partial charge in [-0.05, 0) is 55.2 Å². The van der Waals surface area contributed by atoms with Gasteiger partial charge in [0.15, 0.2) is 0 Å². The molecular formula is C17H22N2O2. The van der Waals surface area contributed by atoms with Gasteiger partial charge in [0, 0.05) is 24.7 Å². The molecule has 3 rings (SSSR count). The summed E-state index contributed by atoms with van der Waals surface area (Å²) in [6.45, 7) is 0. The number of benzene rings is 1. The maximum Gasteiger partial charge on any atom is 0.251 e. The number of hydrogen-bond donors (Lipinski definition) is 2. The Morgan fingerprint density at radius 1 is 1.24 bits per heavy atom. The number of fused-ring (bicyclic) bond motifs is 2. The van der Waals surface area contributed by atoms with Crippen LogP contribution in [0.15, 0.2) is 24.3 Å². The highest BCUT2D eigenvalue weighted by molar-refractivity contribution is 5.97. The number of carbonyl (C=O) groups is 2. The monoisotopic (exact) mass is 286 g/mol. The summed E-state index contributed by atoms with van der Waals surface area (Å²) in [7, 11) is 1.60. The number of rotatable bonds is 4. The zero-order chi connectivity index (χ0) is 14.8. The summed E-state index contributed by atoms with van der Waals surface area (Å²) < 4.78 is 0. The molecule has 21 heavy (non-hydrogen) atoms. The SMILES string of the molecule is CNC(=O)c1cccc(NC(=O)CC2CC3CCC2C3)c1. The fraction of sp³-hybridized carbons (Fsp3) is 0.529. The molecular weight excluding hydrogens is 264 g/mol. The molecule has 0 spiro atoms. The second kappa shape index (κ2) is 5.88. The average molecular weight is 286 g/mol. The van der Waals surface area contributed by atoms with Crippen molar-refractivity contribution in [1.29, 1.82) is 0 Å². The van der Waals surface area contributed by atoms with E-state index in [1.165, 1.54) is 25.7 Å². The lowest BCUT2D eigenvalue weighted by Gasteiger charge is -2.20. The van der Waals surface area contributed by atoms with E-state index in [1.54, 1.807) is 25.2 Å². The average Bonchev–Trinajstić information content (AvgIpc) is 3.09. The van der Waals surface area contributed by atoms with Crippen LogP contribution in [-0.4, -0.2) is 18.9 Å². The van der Waals surface area contributed by atoms with Crippen molar-refractivity contribution in [3.05, 3.63) is 29.8 Å². The minimum Gasteiger partial charge on any atom is -0.355 e. The second-order valence-corrected chi connectivity index (χ2v) is 6.35. The third kappa shape index (κ3) is 3.09. The van der Waals surface area contributed by atoms with E-state index >= 15 is 0 Å². The van der Waals surface area contributed by atoms with Crippen molar-refractivity contribution in [2.75, 3.05) is 12.4 Å². The molecule has 4 nitrogen and oxygen atoms in total. The van der Waals surface area contributed by atoms with E-state index in [0.717, 1.165) is 11.8 Å². The van der Waals surface area contributed by atoms with Crippen LogP contribution in [0.1, 0.15) is 42.5 Å². The molecule has 0 aromatic heterocycles. The molecule has 112 valence electrons. The number of carbonyl (C=O) groups excluding carboxylic acids is 2. The van der Waals surface area contributed by atoms with E-state index in [9.17, 15) is 9.59 Å². The molecule has 2 N–H and O–H groups in total. The van der Waals surface area contributed by atoms with Gasteiger partial charge in [-0.1, -0.05) is 12.5 Å². The van der Waals surface area contributed by atoms with Crippen molar-refractivity contribution < 1.29 is 9.59 Å². The Morgan fingerprint density at radius 3 is 2.76 bits per heavy atom. The summed E-state index contributed by atoms with van der Waals surface area (Å²) in [5.41, 5.74) is 1.26. The summed E-state index contributed by atoms with van der Waals surface area (Å²) in [5, 5.41) is 5.52. The van der Waals surface area contributed by atoms with Crippen molar-refractivity contribution >= 4 is 17.5 Å². The minimum atomic E-state index is -0.140. The third-order valence-corrected chi connectivity index (χ3v) is 4.97. The molecule has 2 fully saturated rings. The van der Waals surface area contributed by atoms with Crippen LogP contribution >= 0.6 is 0 Å². The molecule has 4 heteroatoms. The van der Waals surface area contributed by atoms with Crippen molar-refractivity contribution in [2.24, 2.45) is 17.8 Å². The van der Waals surface area contributed by atoms with Crippen LogP contribution in [0.2, 0.25) is 0 Å². The number of amides is 2. The molecule has 2 bridgehead atoms. The molecule has 2 aliphatic rings. The molecule has 1 aromatic rings. The zero-order valence-corrected chi connectivity index (χ0v) is 12.4. The third-order valence-electron chi connectivity index (χ3n) is 4.97. The summed E-state index contributed by atoms with van der Waals surface area (Å²) in [5.74, 6) is 2.12. The van der Waals surface area contributed by atoms with Crippen molar-refractivity contribution in [2.45, 2.75) is 32.1 Å². The molecule has 2 saturated carbocycles. The standard InChI is InChI=1S/C17H22N2O2/c1-18-17(21)13-3-2-4-15(9-13)19-16(20)10-14-8-11-5-6-12(14)7-11/h2-4,9,11-12,14H,5-8,10H2,1H3,(H,18,21)(H,19,20). The van der Waals surface area contributed by atoms with Gasteiger partial charge < -0.3 is 10.6 Å². The predicted molar refractivity (Wildman–Crippen MR) is 82.0 cm³/mol. The highest BCUT2D eigenvalue weighted by atomic mass is 16.2. The summed E-state index contributed by atoms with van der Waals surface area (Å²) in [6.07, 6.45) is 5.82. The van der Waals surface area contributed by atoms with E-state index in [0.29, 0.717) is 23.6 Å². The van der Waals surface area contributed by atoms with Crippen LogP contribution in [0.5, 0.6) is 0 Å². The molecule has 0 saturated heterocycles. The number of hydrogen-bond acceptors (Lipinski definition) is 2. The van der Waals surface area contributed by atoms with Gasteiger partial charge in [-0.3, -0.25) is 9.59 Å². The molecule has 0 aliphatic heterocycles.